The molecule has 2 rings (SSSR count). The van der Waals surface area contributed by atoms with Crippen LogP contribution >= 0.6 is 23.2 Å². The number of aryl methyl sites for hydroxylation is 1. The number of methoxy groups -OCH3 is 1. The smallest absolute Gasteiger partial charge is 0.119 e. The van der Waals surface area contributed by atoms with Gasteiger partial charge in [-0.1, -0.05) is 35.3 Å². The van der Waals surface area contributed by atoms with Crippen LogP contribution in [0.1, 0.15) is 24.1 Å². The van der Waals surface area contributed by atoms with Crippen LogP contribution in [0, 0.1) is 6.92 Å². The van der Waals surface area contributed by atoms with Crippen LogP contribution in [0.15, 0.2) is 36.4 Å². The number of rotatable bonds is 4. The summed E-state index contributed by atoms with van der Waals surface area (Å²) >= 11 is 12.4. The minimum absolute atomic E-state index is 0.0985. The second-order valence-electron chi connectivity index (χ2n) is 4.72. The van der Waals surface area contributed by atoms with E-state index in [-0.39, 0.29) is 6.04 Å². The first-order valence-corrected chi connectivity index (χ1v) is 7.13. The van der Waals surface area contributed by atoms with Gasteiger partial charge in [-0.05, 0) is 49.2 Å². The Morgan fingerprint density at radius 1 is 1.10 bits per heavy atom. The quantitative estimate of drug-likeness (QED) is 0.807. The number of halogens is 2. The normalized spacial score (nSPS) is 12.1. The Morgan fingerprint density at radius 2 is 1.85 bits per heavy atom. The second-order valence-corrected chi connectivity index (χ2v) is 5.54. The van der Waals surface area contributed by atoms with Crippen molar-refractivity contribution in [1.29, 1.82) is 0 Å². The summed E-state index contributed by atoms with van der Waals surface area (Å²) < 4.78 is 5.24. The van der Waals surface area contributed by atoms with Crippen molar-refractivity contribution in [3.05, 3.63) is 57.6 Å². The molecule has 0 heterocycles. The first kappa shape index (κ1) is 15.0. The molecule has 0 saturated carbocycles. The third-order valence-electron chi connectivity index (χ3n) is 3.21. The summed E-state index contributed by atoms with van der Waals surface area (Å²) in [5.41, 5.74) is 2.92. The lowest BCUT2D eigenvalue weighted by Gasteiger charge is -2.18. The van der Waals surface area contributed by atoms with Crippen molar-refractivity contribution >= 4 is 28.9 Å². The summed E-state index contributed by atoms with van der Waals surface area (Å²) in [4.78, 5) is 0. The second kappa shape index (κ2) is 6.38. The van der Waals surface area contributed by atoms with Gasteiger partial charge in [0.05, 0.1) is 17.8 Å². The fourth-order valence-corrected chi connectivity index (χ4v) is 2.42. The molecular formula is C16H17Cl2NO. The van der Waals surface area contributed by atoms with E-state index in [1.165, 1.54) is 0 Å². The summed E-state index contributed by atoms with van der Waals surface area (Å²) in [6.45, 7) is 4.00. The topological polar surface area (TPSA) is 21.3 Å². The minimum Gasteiger partial charge on any atom is -0.497 e. The van der Waals surface area contributed by atoms with Crippen molar-refractivity contribution in [3.63, 3.8) is 0 Å². The van der Waals surface area contributed by atoms with Crippen LogP contribution in [0.3, 0.4) is 0 Å². The Labute approximate surface area is 129 Å². The lowest BCUT2D eigenvalue weighted by molar-refractivity contribution is 0.414. The molecule has 2 aromatic carbocycles. The highest BCUT2D eigenvalue weighted by molar-refractivity contribution is 6.35. The zero-order chi connectivity index (χ0) is 14.7. The maximum absolute atomic E-state index is 6.25. The van der Waals surface area contributed by atoms with Crippen LogP contribution < -0.4 is 10.1 Å². The molecule has 0 aliphatic heterocycles. The highest BCUT2D eigenvalue weighted by Crippen LogP contribution is 2.31. The van der Waals surface area contributed by atoms with Crippen LogP contribution in [0.25, 0.3) is 0 Å². The van der Waals surface area contributed by atoms with Crippen molar-refractivity contribution in [2.75, 3.05) is 12.4 Å². The van der Waals surface area contributed by atoms with Gasteiger partial charge < -0.3 is 10.1 Å². The molecule has 0 saturated heterocycles. The molecule has 0 amide bonds. The predicted molar refractivity (Wildman–Crippen MR) is 86.2 cm³/mol. The molecule has 0 fully saturated rings. The van der Waals surface area contributed by atoms with Gasteiger partial charge in [-0.2, -0.15) is 0 Å². The fraction of sp³-hybridized carbons (Fsp3) is 0.250. The van der Waals surface area contributed by atoms with Crippen LogP contribution in [-0.4, -0.2) is 7.11 Å². The van der Waals surface area contributed by atoms with Gasteiger partial charge in [0.2, 0.25) is 0 Å². The zero-order valence-corrected chi connectivity index (χ0v) is 13.2. The highest BCUT2D eigenvalue weighted by atomic mass is 35.5. The summed E-state index contributed by atoms with van der Waals surface area (Å²) in [5.74, 6) is 0.837. The molecule has 0 bridgehead atoms. The van der Waals surface area contributed by atoms with E-state index in [0.717, 1.165) is 22.6 Å². The number of benzene rings is 2. The fourth-order valence-electron chi connectivity index (χ4n) is 1.98. The molecule has 0 spiro atoms. The molecule has 2 nitrogen and oxygen atoms in total. The van der Waals surface area contributed by atoms with Crippen molar-refractivity contribution in [1.82, 2.24) is 0 Å². The van der Waals surface area contributed by atoms with E-state index >= 15 is 0 Å². The summed E-state index contributed by atoms with van der Waals surface area (Å²) in [5, 5.41) is 4.75. The van der Waals surface area contributed by atoms with E-state index in [1.54, 1.807) is 7.11 Å². The van der Waals surface area contributed by atoms with Gasteiger partial charge in [0.15, 0.2) is 0 Å². The number of nitrogens with one attached hydrogen (secondary N) is 1. The Bertz CT molecular complexity index is 613. The van der Waals surface area contributed by atoms with Crippen LogP contribution in [0.2, 0.25) is 10.0 Å². The Morgan fingerprint density at radius 3 is 2.55 bits per heavy atom. The molecule has 0 radical (unpaired) electrons. The lowest BCUT2D eigenvalue weighted by Crippen LogP contribution is -2.07. The molecule has 0 aromatic heterocycles. The van der Waals surface area contributed by atoms with Gasteiger partial charge >= 0.3 is 0 Å². The molecule has 2 aromatic rings. The summed E-state index contributed by atoms with van der Waals surface area (Å²) in [7, 11) is 1.66. The molecular weight excluding hydrogens is 293 g/mol. The Hall–Kier alpha value is -1.38. The monoisotopic (exact) mass is 309 g/mol. The molecule has 0 aliphatic rings. The average Bonchev–Trinajstić information content (AvgIpc) is 2.44. The Kier molecular flexibility index (Phi) is 4.79. The molecule has 1 unspecified atom stereocenters. The van der Waals surface area contributed by atoms with E-state index in [0.29, 0.717) is 10.0 Å². The predicted octanol–water partition coefficient (Wildman–Crippen LogP) is 5.48. The highest BCUT2D eigenvalue weighted by Gasteiger charge is 2.10. The van der Waals surface area contributed by atoms with Gasteiger partial charge in [-0.15, -0.1) is 0 Å². The van der Waals surface area contributed by atoms with Gasteiger partial charge in [0, 0.05) is 11.1 Å². The molecule has 1 atom stereocenters. The van der Waals surface area contributed by atoms with Gasteiger partial charge in [-0.25, -0.2) is 0 Å². The molecule has 1 N–H and O–H groups in total. The van der Waals surface area contributed by atoms with Crippen molar-refractivity contribution in [3.8, 4) is 5.75 Å². The van der Waals surface area contributed by atoms with Crippen molar-refractivity contribution < 1.29 is 4.74 Å². The van der Waals surface area contributed by atoms with E-state index in [1.807, 2.05) is 43.3 Å². The lowest BCUT2D eigenvalue weighted by atomic mass is 10.1. The first-order valence-electron chi connectivity index (χ1n) is 6.37. The van der Waals surface area contributed by atoms with E-state index in [9.17, 15) is 0 Å². The number of ether oxygens (including phenoxy) is 1. The SMILES string of the molecule is COc1cccc(C(C)Nc2cc(Cl)c(C)cc2Cl)c1. The number of hydrogen-bond donors (Lipinski definition) is 1. The van der Waals surface area contributed by atoms with Crippen LogP contribution in [-0.2, 0) is 0 Å². The third kappa shape index (κ3) is 3.38. The number of anilines is 1. The van der Waals surface area contributed by atoms with Crippen molar-refractivity contribution in [2.45, 2.75) is 19.9 Å². The molecule has 106 valence electrons. The standard InChI is InChI=1S/C16H17Cl2NO/c1-10-7-15(18)16(9-14(10)17)19-11(2)12-5-4-6-13(8-12)20-3/h4-9,11,19H,1-3H3. The van der Waals surface area contributed by atoms with Gasteiger partial charge in [0.25, 0.3) is 0 Å². The minimum atomic E-state index is 0.0985. The molecule has 4 heteroatoms. The Balaban J connectivity index is 2.23. The van der Waals surface area contributed by atoms with Gasteiger partial charge in [-0.3, -0.25) is 0 Å². The molecule has 20 heavy (non-hydrogen) atoms. The van der Waals surface area contributed by atoms with Crippen molar-refractivity contribution in [2.24, 2.45) is 0 Å². The maximum Gasteiger partial charge on any atom is 0.119 e. The maximum atomic E-state index is 6.25. The van der Waals surface area contributed by atoms with E-state index < -0.39 is 0 Å². The molecule has 0 aliphatic carbocycles. The van der Waals surface area contributed by atoms with Crippen LogP contribution in [0.4, 0.5) is 5.69 Å². The third-order valence-corrected chi connectivity index (χ3v) is 3.93. The van der Waals surface area contributed by atoms with Crippen LogP contribution in [0.5, 0.6) is 5.75 Å². The largest absolute Gasteiger partial charge is 0.497 e. The summed E-state index contributed by atoms with van der Waals surface area (Å²) in [6, 6.07) is 11.8. The summed E-state index contributed by atoms with van der Waals surface area (Å²) in [6.07, 6.45) is 0. The van der Waals surface area contributed by atoms with Gasteiger partial charge in [0.1, 0.15) is 5.75 Å². The number of hydrogen-bond acceptors (Lipinski definition) is 2. The first-order chi connectivity index (χ1) is 9.51. The van der Waals surface area contributed by atoms with E-state index in [2.05, 4.69) is 12.2 Å². The van der Waals surface area contributed by atoms with E-state index in [4.69, 9.17) is 27.9 Å². The zero-order valence-electron chi connectivity index (χ0n) is 11.7. The average molecular weight is 310 g/mol.